The minimum absolute atomic E-state index is 0.679. The van der Waals surface area contributed by atoms with Crippen molar-refractivity contribution in [3.05, 3.63) is 144 Å². The van der Waals surface area contributed by atoms with Gasteiger partial charge in [-0.25, -0.2) is 19.9 Å². The number of nitrogens with one attached hydrogen (secondary N) is 2. The lowest BCUT2D eigenvalue weighted by atomic mass is 10.0. The number of rotatable bonds is 0. The zero-order valence-corrected chi connectivity index (χ0v) is 34.1. The Morgan fingerprint density at radius 3 is 0.790 bits per heavy atom. The second-order valence-corrected chi connectivity index (χ2v) is 15.8. The molecule has 10 nitrogen and oxygen atoms in total. The molecule has 10 aromatic rings. The molecule has 25 rings (SSSR count). The van der Waals surface area contributed by atoms with Crippen LogP contribution in [0.2, 0.25) is 0 Å². The SMILES string of the molecule is C1=NCCNCCN=Cc2ccc3nc4c(ccc5cc6cc(ccc6nc54)C=NCCNCCN=Cc4ccc5nc6c(ccc7cc8cc1ccc8nc76)cc5c4)cc3c2. The average Bonchev–Trinajstić information content (AvgIpc) is 3.30. The molecule has 300 valence electrons. The van der Waals surface area contributed by atoms with E-state index in [2.05, 4.69) is 152 Å². The van der Waals surface area contributed by atoms with Gasteiger partial charge in [0.15, 0.2) is 0 Å². The Labute approximate surface area is 357 Å². The Bertz CT molecular complexity index is 3040. The smallest absolute Gasteiger partial charge is 0.0972 e. The summed E-state index contributed by atoms with van der Waals surface area (Å²) < 4.78 is 0. The summed E-state index contributed by atoms with van der Waals surface area (Å²) in [6.45, 7) is 5.81. The van der Waals surface area contributed by atoms with Crippen molar-refractivity contribution in [2.24, 2.45) is 20.0 Å². The van der Waals surface area contributed by atoms with Crippen LogP contribution in [0.15, 0.2) is 141 Å². The van der Waals surface area contributed by atoms with E-state index >= 15 is 0 Å². The molecule has 0 saturated carbocycles. The number of aliphatic imine (C=N–C) groups is 4. The average molecular weight is 807 g/mol. The van der Waals surface area contributed by atoms with E-state index in [1.165, 1.54) is 0 Å². The predicted molar refractivity (Wildman–Crippen MR) is 260 cm³/mol. The number of benzene rings is 6. The number of hydrogen-bond donors (Lipinski definition) is 2. The van der Waals surface area contributed by atoms with Crippen LogP contribution < -0.4 is 10.6 Å². The minimum atomic E-state index is 0.679. The maximum atomic E-state index is 5.09. The molecule has 0 fully saturated rings. The van der Waals surface area contributed by atoms with Gasteiger partial charge in [-0.05, 0) is 95.1 Å². The largest absolute Gasteiger partial charge is 0.313 e. The van der Waals surface area contributed by atoms with Gasteiger partial charge in [0.25, 0.3) is 0 Å². The molecule has 0 atom stereocenters. The molecular weight excluding hydrogens is 765 g/mol. The van der Waals surface area contributed by atoms with Crippen LogP contribution in [-0.2, 0) is 0 Å². The predicted octanol–water partition coefficient (Wildman–Crippen LogP) is 9.06. The molecule has 0 saturated heterocycles. The van der Waals surface area contributed by atoms with Crippen LogP contribution in [0, 0.1) is 0 Å². The van der Waals surface area contributed by atoms with Gasteiger partial charge in [0, 0.05) is 94.1 Å². The van der Waals surface area contributed by atoms with Crippen LogP contribution in [0.5, 0.6) is 0 Å². The normalized spacial score (nSPS) is 14.8. The van der Waals surface area contributed by atoms with Crippen LogP contribution >= 0.6 is 0 Å². The summed E-state index contributed by atoms with van der Waals surface area (Å²) in [7, 11) is 0. The first kappa shape index (κ1) is 37.6. The Hall–Kier alpha value is -7.40. The van der Waals surface area contributed by atoms with Gasteiger partial charge in [0.05, 0.1) is 70.3 Å². The first-order valence-electron chi connectivity index (χ1n) is 21.2. The summed E-state index contributed by atoms with van der Waals surface area (Å²) in [5.41, 5.74) is 11.6. The van der Waals surface area contributed by atoms with E-state index in [0.29, 0.717) is 26.2 Å². The van der Waals surface area contributed by atoms with Gasteiger partial charge in [0.1, 0.15) is 0 Å². The fraction of sp³-hybridized carbons (Fsp3) is 0.154. The highest BCUT2D eigenvalue weighted by molar-refractivity contribution is 6.11. The van der Waals surface area contributed by atoms with E-state index in [4.69, 9.17) is 19.9 Å². The lowest BCUT2D eigenvalue weighted by Gasteiger charge is -2.08. The quantitative estimate of drug-likeness (QED) is 0.116. The molecule has 0 radical (unpaired) electrons. The monoisotopic (exact) mass is 806 g/mol. The summed E-state index contributed by atoms with van der Waals surface area (Å²) in [5, 5.41) is 15.5. The highest BCUT2D eigenvalue weighted by atomic mass is 14.9. The van der Waals surface area contributed by atoms with Crippen LogP contribution in [0.4, 0.5) is 0 Å². The molecule has 4 aromatic heterocycles. The fourth-order valence-electron chi connectivity index (χ4n) is 8.30. The fourth-order valence-corrected chi connectivity index (χ4v) is 8.30. The Kier molecular flexibility index (Phi) is 10.0. The molecule has 0 amide bonds. The maximum Gasteiger partial charge on any atom is 0.0972 e. The van der Waals surface area contributed by atoms with Gasteiger partial charge in [-0.1, -0.05) is 48.5 Å². The zero-order chi connectivity index (χ0) is 41.2. The van der Waals surface area contributed by atoms with E-state index in [1.54, 1.807) is 0 Å². The van der Waals surface area contributed by atoms with Gasteiger partial charge < -0.3 is 10.6 Å². The van der Waals surface area contributed by atoms with Crippen molar-refractivity contribution in [2.45, 2.75) is 0 Å². The van der Waals surface area contributed by atoms with Crippen molar-refractivity contribution in [3.8, 4) is 0 Å². The standard InChI is InChI=1S/C52H42N10/c1-9-45-41-21-33(1)29-55-17-13-53-14-18-56-30-35-3-11-47-43(23-35)27-39-7-8-40-28-44-24-36(4-12-48(44)62-52(40)51(39)61-47)32-58-20-16-54-15-19-57-31-34-2-10-46-42(22-34)26-38-6-5-37(25-41)49(59-45)50(38)60-46/h1-12,21-32,53-54H,13-20H2. The van der Waals surface area contributed by atoms with Crippen molar-refractivity contribution < 1.29 is 0 Å². The number of aromatic nitrogens is 4. The second-order valence-electron chi connectivity index (χ2n) is 15.8. The molecule has 6 aromatic carbocycles. The molecule has 20 bridgehead atoms. The van der Waals surface area contributed by atoms with Crippen molar-refractivity contribution in [1.29, 1.82) is 0 Å². The van der Waals surface area contributed by atoms with E-state index < -0.39 is 0 Å². The first-order valence-corrected chi connectivity index (χ1v) is 21.2. The van der Waals surface area contributed by atoms with E-state index in [0.717, 1.165) is 136 Å². The summed E-state index contributed by atoms with van der Waals surface area (Å²) in [6, 6.07) is 42.6. The van der Waals surface area contributed by atoms with Crippen molar-refractivity contribution >= 4 is 112 Å². The minimum Gasteiger partial charge on any atom is -0.313 e. The molecule has 0 spiro atoms. The Morgan fingerprint density at radius 1 is 0.274 bits per heavy atom. The maximum absolute atomic E-state index is 5.09. The van der Waals surface area contributed by atoms with Crippen LogP contribution in [0.1, 0.15) is 22.3 Å². The van der Waals surface area contributed by atoms with Gasteiger partial charge in [-0.3, -0.25) is 20.0 Å². The summed E-state index contributed by atoms with van der Waals surface area (Å²) in [6.07, 6.45) is 7.77. The van der Waals surface area contributed by atoms with E-state index in [9.17, 15) is 0 Å². The topological polar surface area (TPSA) is 125 Å². The van der Waals surface area contributed by atoms with Gasteiger partial charge >= 0.3 is 0 Å². The second kappa shape index (κ2) is 16.6. The summed E-state index contributed by atoms with van der Waals surface area (Å²) >= 11 is 0. The molecule has 15 aliphatic heterocycles. The third kappa shape index (κ3) is 7.73. The molecule has 19 heterocycles. The highest BCUT2D eigenvalue weighted by Crippen LogP contribution is 2.31. The van der Waals surface area contributed by atoms with E-state index in [-0.39, 0.29) is 0 Å². The zero-order valence-electron chi connectivity index (χ0n) is 34.1. The third-order valence-electron chi connectivity index (χ3n) is 11.4. The first-order chi connectivity index (χ1) is 30.7. The molecule has 0 unspecified atom stereocenters. The Morgan fingerprint density at radius 2 is 0.532 bits per heavy atom. The lowest BCUT2D eigenvalue weighted by molar-refractivity contribution is 0.699. The molecular formula is C52H42N10. The van der Waals surface area contributed by atoms with Crippen LogP contribution in [0.3, 0.4) is 0 Å². The Balaban J connectivity index is 0.847. The third-order valence-corrected chi connectivity index (χ3v) is 11.4. The highest BCUT2D eigenvalue weighted by Gasteiger charge is 2.11. The summed E-state index contributed by atoms with van der Waals surface area (Å²) in [5.74, 6) is 0. The molecule has 10 heteroatoms. The molecule has 15 aliphatic rings. The van der Waals surface area contributed by atoms with Gasteiger partial charge in [-0.2, -0.15) is 0 Å². The van der Waals surface area contributed by atoms with Crippen LogP contribution in [-0.4, -0.2) is 97.2 Å². The molecule has 0 aliphatic carbocycles. The van der Waals surface area contributed by atoms with E-state index in [1.807, 2.05) is 24.9 Å². The number of nitrogens with zero attached hydrogens (tertiary/aromatic N) is 8. The lowest BCUT2D eigenvalue weighted by Crippen LogP contribution is -2.20. The van der Waals surface area contributed by atoms with Crippen molar-refractivity contribution in [2.75, 3.05) is 52.4 Å². The number of pyridine rings is 4. The van der Waals surface area contributed by atoms with Gasteiger partial charge in [-0.15, -0.1) is 0 Å². The van der Waals surface area contributed by atoms with Crippen molar-refractivity contribution in [3.63, 3.8) is 0 Å². The van der Waals surface area contributed by atoms with Crippen molar-refractivity contribution in [1.82, 2.24) is 30.6 Å². The summed E-state index contributed by atoms with van der Waals surface area (Å²) in [4.78, 5) is 39.1. The molecule has 62 heavy (non-hydrogen) atoms. The van der Waals surface area contributed by atoms with Crippen LogP contribution in [0.25, 0.3) is 87.2 Å². The number of hydrogen-bond acceptors (Lipinski definition) is 10. The van der Waals surface area contributed by atoms with Gasteiger partial charge in [0.2, 0.25) is 0 Å². The molecule has 2 N–H and O–H groups in total.